The maximum absolute atomic E-state index is 12.2. The lowest BCUT2D eigenvalue weighted by atomic mass is 10.2. The Labute approximate surface area is 177 Å². The summed E-state index contributed by atoms with van der Waals surface area (Å²) in [7, 11) is 0. The molecule has 1 aliphatic heterocycles. The Morgan fingerprint density at radius 1 is 1.17 bits per heavy atom. The number of hydrogen-bond acceptors (Lipinski definition) is 4. The van der Waals surface area contributed by atoms with Crippen LogP contribution in [-0.4, -0.2) is 44.3 Å². The van der Waals surface area contributed by atoms with E-state index in [9.17, 15) is 4.79 Å². The molecule has 7 nitrogen and oxygen atoms in total. The van der Waals surface area contributed by atoms with Crippen molar-refractivity contribution in [2.75, 3.05) is 31.6 Å². The van der Waals surface area contributed by atoms with Gasteiger partial charge in [-0.15, -0.1) is 0 Å². The zero-order chi connectivity index (χ0) is 21.0. The monoisotopic (exact) mass is 410 g/mol. The van der Waals surface area contributed by atoms with Crippen LogP contribution >= 0.6 is 0 Å². The van der Waals surface area contributed by atoms with Crippen LogP contribution in [0.15, 0.2) is 59.6 Å². The number of amides is 1. The molecule has 7 heteroatoms. The highest BCUT2D eigenvalue weighted by atomic mass is 16.5. The summed E-state index contributed by atoms with van der Waals surface area (Å²) in [5.74, 6) is 1.49. The van der Waals surface area contributed by atoms with E-state index in [4.69, 9.17) is 9.47 Å². The second kappa shape index (κ2) is 11.8. The first-order valence-electron chi connectivity index (χ1n) is 10.5. The molecule has 1 unspecified atom stereocenters. The Balaban J connectivity index is 1.49. The van der Waals surface area contributed by atoms with Crippen molar-refractivity contribution >= 4 is 17.6 Å². The van der Waals surface area contributed by atoms with Crippen LogP contribution in [0.25, 0.3) is 0 Å². The Morgan fingerprint density at radius 3 is 2.80 bits per heavy atom. The molecule has 2 aromatic rings. The molecule has 1 atom stereocenters. The van der Waals surface area contributed by atoms with Crippen molar-refractivity contribution in [3.63, 3.8) is 0 Å². The minimum atomic E-state index is -0.339. The number of ether oxygens (including phenoxy) is 2. The average molecular weight is 411 g/mol. The number of aliphatic imine (C=N–C) groups is 1. The first-order valence-corrected chi connectivity index (χ1v) is 10.5. The van der Waals surface area contributed by atoms with Gasteiger partial charge in [0.25, 0.3) is 5.91 Å². The van der Waals surface area contributed by atoms with E-state index in [1.165, 1.54) is 0 Å². The first kappa shape index (κ1) is 21.6. The minimum absolute atomic E-state index is 0.0819. The van der Waals surface area contributed by atoms with Crippen molar-refractivity contribution in [2.24, 2.45) is 4.99 Å². The van der Waals surface area contributed by atoms with Crippen LogP contribution in [0.1, 0.15) is 25.3 Å². The van der Waals surface area contributed by atoms with Gasteiger partial charge < -0.3 is 25.4 Å². The standard InChI is InChI=1S/C23H30N4O3/c1-2-24-23(25-13-15-29-20-10-4-3-5-11-20)26-17-18-8-6-9-19(16-18)27-22(28)21-12-7-14-30-21/h3-6,8-11,16,21H,2,7,12-15,17H2,1H3,(H,27,28)(H2,24,25,26). The fraction of sp³-hybridized carbons (Fsp3) is 0.391. The molecule has 3 N–H and O–H groups in total. The molecule has 1 heterocycles. The molecule has 0 aromatic heterocycles. The van der Waals surface area contributed by atoms with Crippen LogP contribution in [0.4, 0.5) is 5.69 Å². The van der Waals surface area contributed by atoms with Crippen LogP contribution in [0.2, 0.25) is 0 Å². The van der Waals surface area contributed by atoms with Gasteiger partial charge in [0.05, 0.1) is 13.1 Å². The van der Waals surface area contributed by atoms with Crippen molar-refractivity contribution in [3.05, 3.63) is 60.2 Å². The molecule has 2 aromatic carbocycles. The molecule has 0 radical (unpaired) electrons. The van der Waals surface area contributed by atoms with Gasteiger partial charge >= 0.3 is 0 Å². The number of guanidine groups is 1. The second-order valence-corrected chi connectivity index (χ2v) is 6.97. The third-order valence-corrected chi connectivity index (χ3v) is 4.59. The first-order chi connectivity index (χ1) is 14.7. The van der Waals surface area contributed by atoms with E-state index in [2.05, 4.69) is 20.9 Å². The summed E-state index contributed by atoms with van der Waals surface area (Å²) < 4.78 is 11.1. The largest absolute Gasteiger partial charge is 0.492 e. The number of para-hydroxylation sites is 1. The maximum atomic E-state index is 12.2. The summed E-state index contributed by atoms with van der Waals surface area (Å²) in [6.07, 6.45) is 1.37. The van der Waals surface area contributed by atoms with Gasteiger partial charge in [0.1, 0.15) is 18.5 Å². The predicted octanol–water partition coefficient (Wildman–Crippen LogP) is 2.94. The van der Waals surface area contributed by atoms with Crippen LogP contribution in [-0.2, 0) is 16.1 Å². The fourth-order valence-electron chi connectivity index (χ4n) is 3.12. The van der Waals surface area contributed by atoms with E-state index in [0.717, 1.165) is 42.3 Å². The highest BCUT2D eigenvalue weighted by Gasteiger charge is 2.23. The van der Waals surface area contributed by atoms with Crippen molar-refractivity contribution in [3.8, 4) is 5.75 Å². The van der Waals surface area contributed by atoms with Crippen molar-refractivity contribution in [1.29, 1.82) is 0 Å². The molecule has 3 rings (SSSR count). The van der Waals surface area contributed by atoms with Crippen LogP contribution in [0, 0.1) is 0 Å². The Kier molecular flexibility index (Phi) is 8.53. The summed E-state index contributed by atoms with van der Waals surface area (Å²) in [4.78, 5) is 16.9. The zero-order valence-electron chi connectivity index (χ0n) is 17.4. The molecular formula is C23H30N4O3. The summed E-state index contributed by atoms with van der Waals surface area (Å²) >= 11 is 0. The molecule has 160 valence electrons. The van der Waals surface area contributed by atoms with Crippen molar-refractivity contribution in [1.82, 2.24) is 10.6 Å². The van der Waals surface area contributed by atoms with E-state index in [0.29, 0.717) is 26.3 Å². The number of carbonyl (C=O) groups is 1. The smallest absolute Gasteiger partial charge is 0.253 e. The summed E-state index contributed by atoms with van der Waals surface area (Å²) in [6.45, 7) is 5.13. The van der Waals surface area contributed by atoms with Gasteiger partial charge in [0.15, 0.2) is 5.96 Å². The molecule has 0 spiro atoms. The van der Waals surface area contributed by atoms with Gasteiger partial charge in [0, 0.05) is 18.8 Å². The highest BCUT2D eigenvalue weighted by Crippen LogP contribution is 2.16. The van der Waals surface area contributed by atoms with E-state index in [-0.39, 0.29) is 12.0 Å². The molecule has 1 fully saturated rings. The minimum Gasteiger partial charge on any atom is -0.492 e. The molecule has 0 bridgehead atoms. The van der Waals surface area contributed by atoms with Crippen LogP contribution in [0.3, 0.4) is 0 Å². The van der Waals surface area contributed by atoms with Gasteiger partial charge in [0.2, 0.25) is 0 Å². The summed E-state index contributed by atoms with van der Waals surface area (Å²) in [5, 5.41) is 9.44. The highest BCUT2D eigenvalue weighted by molar-refractivity contribution is 5.94. The molecular weight excluding hydrogens is 380 g/mol. The maximum Gasteiger partial charge on any atom is 0.253 e. The van der Waals surface area contributed by atoms with E-state index >= 15 is 0 Å². The summed E-state index contributed by atoms with van der Waals surface area (Å²) in [6, 6.07) is 17.5. The van der Waals surface area contributed by atoms with Gasteiger partial charge in [-0.2, -0.15) is 0 Å². The third-order valence-electron chi connectivity index (χ3n) is 4.59. The van der Waals surface area contributed by atoms with Gasteiger partial charge in [-0.25, -0.2) is 4.99 Å². The number of hydrogen-bond donors (Lipinski definition) is 3. The molecule has 1 saturated heterocycles. The third kappa shape index (κ3) is 7.08. The quantitative estimate of drug-likeness (QED) is 0.336. The topological polar surface area (TPSA) is 84.0 Å². The van der Waals surface area contributed by atoms with E-state index < -0.39 is 0 Å². The lowest BCUT2D eigenvalue weighted by Gasteiger charge is -2.13. The number of nitrogens with zero attached hydrogens (tertiary/aromatic N) is 1. The normalized spacial score (nSPS) is 16.2. The molecule has 30 heavy (non-hydrogen) atoms. The Bertz CT molecular complexity index is 820. The average Bonchev–Trinajstić information content (AvgIpc) is 3.31. The van der Waals surface area contributed by atoms with Crippen molar-refractivity contribution < 1.29 is 14.3 Å². The van der Waals surface area contributed by atoms with E-state index in [1.807, 2.05) is 61.5 Å². The lowest BCUT2D eigenvalue weighted by Crippen LogP contribution is -2.39. The van der Waals surface area contributed by atoms with Crippen LogP contribution in [0.5, 0.6) is 5.75 Å². The lowest BCUT2D eigenvalue weighted by molar-refractivity contribution is -0.124. The van der Waals surface area contributed by atoms with E-state index in [1.54, 1.807) is 0 Å². The van der Waals surface area contributed by atoms with Gasteiger partial charge in [-0.05, 0) is 49.6 Å². The fourth-order valence-corrected chi connectivity index (χ4v) is 3.12. The SMILES string of the molecule is CCNC(=NCc1cccc(NC(=O)C2CCCO2)c1)NCCOc1ccccc1. The van der Waals surface area contributed by atoms with Crippen LogP contribution < -0.4 is 20.7 Å². The second-order valence-electron chi connectivity index (χ2n) is 6.97. The Hall–Kier alpha value is -3.06. The number of anilines is 1. The molecule has 0 saturated carbocycles. The van der Waals surface area contributed by atoms with Gasteiger partial charge in [-0.3, -0.25) is 4.79 Å². The zero-order valence-corrected chi connectivity index (χ0v) is 17.4. The number of nitrogens with one attached hydrogen (secondary N) is 3. The number of rotatable bonds is 9. The van der Waals surface area contributed by atoms with Crippen molar-refractivity contribution in [2.45, 2.75) is 32.4 Å². The molecule has 1 aliphatic rings. The summed E-state index contributed by atoms with van der Waals surface area (Å²) in [5.41, 5.74) is 1.77. The predicted molar refractivity (Wildman–Crippen MR) is 119 cm³/mol. The number of benzene rings is 2. The molecule has 0 aliphatic carbocycles. The van der Waals surface area contributed by atoms with Gasteiger partial charge in [-0.1, -0.05) is 30.3 Å². The Morgan fingerprint density at radius 2 is 2.03 bits per heavy atom. The molecule has 1 amide bonds. The number of carbonyl (C=O) groups excluding carboxylic acids is 1.